The van der Waals surface area contributed by atoms with Crippen molar-refractivity contribution in [3.05, 3.63) is 42.2 Å². The molecule has 7 rings (SSSR count). The number of aromatic nitrogens is 6. The number of aliphatic hydroxyl groups excluding tert-OH is 2. The van der Waals surface area contributed by atoms with E-state index in [0.717, 1.165) is 36.1 Å². The molecule has 1 aromatic carbocycles. The molecular formula is C29H38N8O4. The van der Waals surface area contributed by atoms with E-state index in [4.69, 9.17) is 20.2 Å². The summed E-state index contributed by atoms with van der Waals surface area (Å²) in [5.41, 5.74) is 10.3. The second kappa shape index (κ2) is 9.70. The standard InChI is InChI=1S/C29H38N8O4/c1-14-36(11-20-25(40-14)24(39)28(41-20)37-13-33-22-26(30)31-12-32-27(22)37)19-9-15(23(19)38)5-8-21-34-17-7-6-16(29(2,3)4)10-18(17)35-21/h6-7,10,12-15,19-20,23-25,28,38-39H,5,8-9,11H2,1-4H3,(H,34,35)(H2,30,31,32)/t14?,15?,19?,20-,23?,24-,25-,28-/m1/s1. The molecule has 0 spiro atoms. The lowest BCUT2D eigenvalue weighted by atomic mass is 9.73. The highest BCUT2D eigenvalue weighted by molar-refractivity contribution is 5.81. The maximum atomic E-state index is 11.2. The fraction of sp³-hybridized carbons (Fsp3) is 0.586. The summed E-state index contributed by atoms with van der Waals surface area (Å²) in [7, 11) is 0. The molecular weight excluding hydrogens is 524 g/mol. The van der Waals surface area contributed by atoms with E-state index in [1.807, 2.05) is 6.92 Å². The molecule has 5 heterocycles. The van der Waals surface area contributed by atoms with Gasteiger partial charge in [0.1, 0.15) is 42.2 Å². The first-order valence-electron chi connectivity index (χ1n) is 14.4. The molecule has 0 bridgehead atoms. The van der Waals surface area contributed by atoms with Crippen molar-refractivity contribution in [2.24, 2.45) is 5.92 Å². The van der Waals surface area contributed by atoms with E-state index >= 15 is 0 Å². The van der Waals surface area contributed by atoms with E-state index in [0.29, 0.717) is 17.7 Å². The van der Waals surface area contributed by atoms with E-state index in [1.165, 1.54) is 11.9 Å². The van der Waals surface area contributed by atoms with E-state index in [9.17, 15) is 10.2 Å². The van der Waals surface area contributed by atoms with Crippen LogP contribution in [0.2, 0.25) is 0 Å². The molecule has 1 aliphatic carbocycles. The topological polar surface area (TPSA) is 160 Å². The Morgan fingerprint density at radius 3 is 2.73 bits per heavy atom. The third-order valence-corrected chi connectivity index (χ3v) is 9.18. The highest BCUT2D eigenvalue weighted by atomic mass is 16.6. The second-order valence-corrected chi connectivity index (χ2v) is 12.8. The number of ether oxygens (including phenoxy) is 2. The van der Waals surface area contributed by atoms with Crippen LogP contribution >= 0.6 is 0 Å². The number of H-pyrrole nitrogens is 1. The zero-order chi connectivity index (χ0) is 28.6. The number of rotatable bonds is 5. The lowest BCUT2D eigenvalue weighted by molar-refractivity contribution is -0.219. The average molecular weight is 563 g/mol. The van der Waals surface area contributed by atoms with Gasteiger partial charge >= 0.3 is 0 Å². The van der Waals surface area contributed by atoms with Crippen LogP contribution in [-0.4, -0.2) is 87.8 Å². The lowest BCUT2D eigenvalue weighted by Crippen LogP contribution is -2.64. The van der Waals surface area contributed by atoms with Gasteiger partial charge in [-0.25, -0.2) is 19.9 Å². The molecule has 5 N–H and O–H groups in total. The van der Waals surface area contributed by atoms with Crippen molar-refractivity contribution in [2.75, 3.05) is 12.3 Å². The number of fused-ring (bicyclic) bond motifs is 3. The molecule has 3 aliphatic rings. The van der Waals surface area contributed by atoms with Crippen molar-refractivity contribution < 1.29 is 19.7 Å². The number of anilines is 1. The van der Waals surface area contributed by atoms with Gasteiger partial charge in [0.05, 0.1) is 23.5 Å². The van der Waals surface area contributed by atoms with Crippen molar-refractivity contribution >= 4 is 28.0 Å². The Bertz CT molecular complexity index is 1580. The number of nitrogens with zero attached hydrogens (tertiary/aromatic N) is 6. The van der Waals surface area contributed by atoms with Crippen LogP contribution in [-0.2, 0) is 21.3 Å². The number of benzene rings is 1. The first-order chi connectivity index (χ1) is 19.6. The maximum absolute atomic E-state index is 11.2. The summed E-state index contributed by atoms with van der Waals surface area (Å²) >= 11 is 0. The predicted molar refractivity (Wildman–Crippen MR) is 152 cm³/mol. The maximum Gasteiger partial charge on any atom is 0.167 e. The Labute approximate surface area is 237 Å². The fourth-order valence-electron chi connectivity index (χ4n) is 6.68. The quantitative estimate of drug-likeness (QED) is 0.284. The van der Waals surface area contributed by atoms with E-state index in [1.54, 1.807) is 10.9 Å². The molecule has 218 valence electrons. The van der Waals surface area contributed by atoms with Gasteiger partial charge in [0.25, 0.3) is 0 Å². The summed E-state index contributed by atoms with van der Waals surface area (Å²) in [6.45, 7) is 9.15. The molecule has 8 atom stereocenters. The number of aromatic amines is 1. The second-order valence-electron chi connectivity index (χ2n) is 12.8. The van der Waals surface area contributed by atoms with Crippen molar-refractivity contribution in [3.8, 4) is 0 Å². The molecule has 0 amide bonds. The summed E-state index contributed by atoms with van der Waals surface area (Å²) < 4.78 is 14.3. The Hall–Kier alpha value is -3.16. The highest BCUT2D eigenvalue weighted by Crippen LogP contribution is 2.42. The van der Waals surface area contributed by atoms with Gasteiger partial charge < -0.3 is 30.4 Å². The van der Waals surface area contributed by atoms with Gasteiger partial charge in [0.15, 0.2) is 17.7 Å². The summed E-state index contributed by atoms with van der Waals surface area (Å²) in [5.74, 6) is 1.42. The minimum Gasteiger partial charge on any atom is -0.391 e. The van der Waals surface area contributed by atoms with Gasteiger partial charge in [0, 0.05) is 19.0 Å². The summed E-state index contributed by atoms with van der Waals surface area (Å²) in [5, 5.41) is 22.3. The third-order valence-electron chi connectivity index (χ3n) is 9.18. The van der Waals surface area contributed by atoms with Gasteiger partial charge in [-0.05, 0) is 48.8 Å². The van der Waals surface area contributed by atoms with Crippen molar-refractivity contribution in [1.29, 1.82) is 0 Å². The molecule has 4 aromatic rings. The molecule has 12 heteroatoms. The van der Waals surface area contributed by atoms with Crippen LogP contribution < -0.4 is 5.73 Å². The minimum atomic E-state index is -0.902. The van der Waals surface area contributed by atoms with Crippen LogP contribution in [0.4, 0.5) is 5.82 Å². The molecule has 0 radical (unpaired) electrons. The van der Waals surface area contributed by atoms with Gasteiger partial charge in [-0.2, -0.15) is 0 Å². The molecule has 4 unspecified atom stereocenters. The van der Waals surface area contributed by atoms with Crippen LogP contribution in [0, 0.1) is 5.92 Å². The van der Waals surface area contributed by atoms with Crippen LogP contribution in [0.15, 0.2) is 30.9 Å². The van der Waals surface area contributed by atoms with E-state index in [-0.39, 0.29) is 35.5 Å². The highest BCUT2D eigenvalue weighted by Gasteiger charge is 2.54. The third kappa shape index (κ3) is 4.49. The predicted octanol–water partition coefficient (Wildman–Crippen LogP) is 2.27. The SMILES string of the molecule is CC1O[C@H]2[C@@H](O)[C@H](n3cnc4c(N)ncnc43)O[C@@H]2CN1C1CC(CCc2nc3ccc(C(C)(C)C)cc3[nH]2)C1O. The van der Waals surface area contributed by atoms with E-state index < -0.39 is 24.5 Å². The lowest BCUT2D eigenvalue weighted by Gasteiger charge is -2.52. The van der Waals surface area contributed by atoms with Crippen LogP contribution in [0.25, 0.3) is 22.2 Å². The van der Waals surface area contributed by atoms with Crippen molar-refractivity contribution in [3.63, 3.8) is 0 Å². The zero-order valence-electron chi connectivity index (χ0n) is 23.8. The number of aliphatic hydroxyl groups is 2. The van der Waals surface area contributed by atoms with Gasteiger partial charge in [-0.3, -0.25) is 9.47 Å². The number of aryl methyl sites for hydroxylation is 1. The Balaban J connectivity index is 0.984. The molecule has 3 aromatic heterocycles. The monoisotopic (exact) mass is 562 g/mol. The first-order valence-corrected chi connectivity index (χ1v) is 14.4. The molecule has 12 nitrogen and oxygen atoms in total. The molecule has 2 saturated heterocycles. The van der Waals surface area contributed by atoms with Crippen LogP contribution in [0.1, 0.15) is 58.2 Å². The number of nitrogen functional groups attached to an aromatic ring is 1. The Morgan fingerprint density at radius 1 is 1.12 bits per heavy atom. The first kappa shape index (κ1) is 26.7. The smallest absolute Gasteiger partial charge is 0.167 e. The largest absolute Gasteiger partial charge is 0.391 e. The van der Waals surface area contributed by atoms with Crippen LogP contribution in [0.3, 0.4) is 0 Å². The van der Waals surface area contributed by atoms with E-state index in [2.05, 4.69) is 63.8 Å². The van der Waals surface area contributed by atoms with Gasteiger partial charge in [-0.1, -0.05) is 26.8 Å². The number of nitrogens with two attached hydrogens (primary N) is 1. The van der Waals surface area contributed by atoms with Crippen LogP contribution in [0.5, 0.6) is 0 Å². The number of hydrogen-bond acceptors (Lipinski definition) is 10. The molecule has 2 aliphatic heterocycles. The number of hydrogen-bond donors (Lipinski definition) is 4. The minimum absolute atomic E-state index is 0.0256. The van der Waals surface area contributed by atoms with Crippen molar-refractivity contribution in [1.82, 2.24) is 34.4 Å². The summed E-state index contributed by atoms with van der Waals surface area (Å²) in [6, 6.07) is 6.40. The Kier molecular flexibility index (Phi) is 6.32. The zero-order valence-corrected chi connectivity index (χ0v) is 23.8. The van der Waals surface area contributed by atoms with Gasteiger partial charge in [-0.15, -0.1) is 0 Å². The number of imidazole rings is 2. The summed E-state index contributed by atoms with van der Waals surface area (Å²) in [4.78, 5) is 23.0. The normalized spacial score (nSPS) is 32.4. The van der Waals surface area contributed by atoms with Gasteiger partial charge in [0.2, 0.25) is 0 Å². The molecule has 1 saturated carbocycles. The Morgan fingerprint density at radius 2 is 1.95 bits per heavy atom. The van der Waals surface area contributed by atoms with Crippen molar-refractivity contribution in [2.45, 2.75) is 95.3 Å². The number of nitrogens with one attached hydrogen (secondary N) is 1. The fourth-order valence-corrected chi connectivity index (χ4v) is 6.68. The molecule has 41 heavy (non-hydrogen) atoms. The average Bonchev–Trinajstić information content (AvgIpc) is 3.63. The summed E-state index contributed by atoms with van der Waals surface area (Å²) in [6.07, 6.45) is 2.25. The molecule has 3 fully saturated rings.